The van der Waals surface area contributed by atoms with Crippen LogP contribution in [0.15, 0.2) is 66.9 Å². The first-order chi connectivity index (χ1) is 14.2. The van der Waals surface area contributed by atoms with Gasteiger partial charge in [-0.3, -0.25) is 4.79 Å². The number of carbonyl (C=O) groups excluding carboxylic acids is 1. The number of nitrogens with zero attached hydrogens (tertiary/aromatic N) is 1. The van der Waals surface area contributed by atoms with E-state index in [4.69, 9.17) is 14.2 Å². The third kappa shape index (κ3) is 5.87. The van der Waals surface area contributed by atoms with E-state index in [2.05, 4.69) is 15.6 Å². The van der Waals surface area contributed by atoms with Crippen LogP contribution in [0, 0.1) is 0 Å². The Morgan fingerprint density at radius 3 is 2.07 bits per heavy atom. The number of hydrogen-bond acceptors (Lipinski definition) is 6. The van der Waals surface area contributed by atoms with Crippen LogP contribution in [0.4, 0.5) is 11.5 Å². The molecule has 3 rings (SSSR count). The summed E-state index contributed by atoms with van der Waals surface area (Å²) in [6.45, 7) is 1.06. The monoisotopic (exact) mass is 393 g/mol. The summed E-state index contributed by atoms with van der Waals surface area (Å²) in [5.41, 5.74) is 1.16. The number of pyridine rings is 1. The van der Waals surface area contributed by atoms with Crippen LogP contribution in [0.25, 0.3) is 0 Å². The van der Waals surface area contributed by atoms with Crippen molar-refractivity contribution in [2.45, 2.75) is 0 Å². The fraction of sp³-hybridized carbons (Fsp3) is 0.182. The lowest BCUT2D eigenvalue weighted by atomic mass is 10.2. The average molecular weight is 393 g/mol. The minimum atomic E-state index is -0.225. The van der Waals surface area contributed by atoms with Crippen molar-refractivity contribution in [3.05, 3.63) is 72.4 Å². The van der Waals surface area contributed by atoms with E-state index in [0.29, 0.717) is 30.2 Å². The smallest absolute Gasteiger partial charge is 0.257 e. The highest BCUT2D eigenvalue weighted by Gasteiger charge is 2.07. The average Bonchev–Trinajstić information content (AvgIpc) is 2.78. The molecule has 1 heterocycles. The van der Waals surface area contributed by atoms with Gasteiger partial charge in [-0.05, 0) is 60.7 Å². The molecule has 0 aliphatic carbocycles. The van der Waals surface area contributed by atoms with Crippen LogP contribution in [-0.4, -0.2) is 38.3 Å². The number of aromatic nitrogens is 1. The molecule has 7 nitrogen and oxygen atoms in total. The standard InChI is InChI=1S/C22H23N3O4/c1-27-18-6-4-17(5-7-18)25-22(26)16-3-12-21(24-15-16)23-13-14-29-20-10-8-19(28-2)9-11-20/h3-12,15H,13-14H2,1-2H3,(H,23,24)(H,25,26). The van der Waals surface area contributed by atoms with Gasteiger partial charge in [0.2, 0.25) is 0 Å². The Hall–Kier alpha value is -3.74. The Bertz CT molecular complexity index is 910. The molecular weight excluding hydrogens is 370 g/mol. The molecule has 0 saturated heterocycles. The maximum absolute atomic E-state index is 12.3. The minimum absolute atomic E-state index is 0.225. The van der Waals surface area contributed by atoms with Gasteiger partial charge >= 0.3 is 0 Å². The predicted molar refractivity (Wildman–Crippen MR) is 112 cm³/mol. The normalized spacial score (nSPS) is 10.1. The van der Waals surface area contributed by atoms with Crippen molar-refractivity contribution in [1.82, 2.24) is 4.98 Å². The Labute approximate surface area is 169 Å². The van der Waals surface area contributed by atoms with Crippen molar-refractivity contribution in [2.24, 2.45) is 0 Å². The lowest BCUT2D eigenvalue weighted by Gasteiger charge is -2.09. The maximum Gasteiger partial charge on any atom is 0.257 e. The summed E-state index contributed by atoms with van der Waals surface area (Å²) < 4.78 is 15.9. The topological polar surface area (TPSA) is 81.7 Å². The Kier molecular flexibility index (Phi) is 6.89. The van der Waals surface area contributed by atoms with E-state index in [1.54, 1.807) is 50.6 Å². The molecule has 0 saturated carbocycles. The van der Waals surface area contributed by atoms with Gasteiger partial charge in [-0.2, -0.15) is 0 Å². The van der Waals surface area contributed by atoms with Crippen LogP contribution < -0.4 is 24.8 Å². The molecule has 0 atom stereocenters. The number of anilines is 2. The second kappa shape index (κ2) is 9.98. The molecular formula is C22H23N3O4. The van der Waals surface area contributed by atoms with Gasteiger partial charge in [-0.25, -0.2) is 4.98 Å². The zero-order valence-electron chi connectivity index (χ0n) is 16.3. The third-order valence-corrected chi connectivity index (χ3v) is 4.11. The molecule has 29 heavy (non-hydrogen) atoms. The highest BCUT2D eigenvalue weighted by atomic mass is 16.5. The molecule has 0 unspecified atom stereocenters. The third-order valence-electron chi connectivity index (χ3n) is 4.11. The molecule has 0 aliphatic rings. The molecule has 0 aliphatic heterocycles. The summed E-state index contributed by atoms with van der Waals surface area (Å²) in [5, 5.41) is 5.98. The largest absolute Gasteiger partial charge is 0.497 e. The van der Waals surface area contributed by atoms with Gasteiger partial charge in [0.05, 0.1) is 26.3 Å². The first-order valence-electron chi connectivity index (χ1n) is 9.10. The van der Waals surface area contributed by atoms with Gasteiger partial charge in [-0.15, -0.1) is 0 Å². The fourth-order valence-corrected chi connectivity index (χ4v) is 2.53. The van der Waals surface area contributed by atoms with Crippen LogP contribution in [-0.2, 0) is 0 Å². The summed E-state index contributed by atoms with van der Waals surface area (Å²) >= 11 is 0. The first kappa shape index (κ1) is 20.0. The van der Waals surface area contributed by atoms with Gasteiger partial charge < -0.3 is 24.8 Å². The summed E-state index contributed by atoms with van der Waals surface area (Å²) in [5.74, 6) is 2.74. The molecule has 0 bridgehead atoms. The van der Waals surface area contributed by atoms with E-state index in [0.717, 1.165) is 17.2 Å². The van der Waals surface area contributed by atoms with Crippen LogP contribution in [0.5, 0.6) is 17.2 Å². The second-order valence-corrected chi connectivity index (χ2v) is 6.07. The van der Waals surface area contributed by atoms with Gasteiger partial charge in [0.15, 0.2) is 0 Å². The number of nitrogens with one attached hydrogen (secondary N) is 2. The quantitative estimate of drug-likeness (QED) is 0.538. The van der Waals surface area contributed by atoms with Crippen molar-refractivity contribution >= 4 is 17.4 Å². The number of rotatable bonds is 9. The summed E-state index contributed by atoms with van der Waals surface area (Å²) in [6.07, 6.45) is 1.53. The van der Waals surface area contributed by atoms with Crippen LogP contribution in [0.1, 0.15) is 10.4 Å². The maximum atomic E-state index is 12.3. The Balaban J connectivity index is 1.44. The molecule has 0 fully saturated rings. The van der Waals surface area contributed by atoms with Crippen molar-refractivity contribution in [2.75, 3.05) is 38.0 Å². The fourth-order valence-electron chi connectivity index (χ4n) is 2.53. The molecule has 2 aromatic carbocycles. The lowest BCUT2D eigenvalue weighted by Crippen LogP contribution is -2.14. The van der Waals surface area contributed by atoms with E-state index >= 15 is 0 Å². The molecule has 1 aromatic heterocycles. The SMILES string of the molecule is COc1ccc(NC(=O)c2ccc(NCCOc3ccc(OC)cc3)nc2)cc1. The highest BCUT2D eigenvalue weighted by molar-refractivity contribution is 6.04. The number of ether oxygens (including phenoxy) is 3. The summed E-state index contributed by atoms with van der Waals surface area (Å²) in [6, 6.07) is 18.0. The van der Waals surface area contributed by atoms with Gasteiger partial charge in [-0.1, -0.05) is 0 Å². The van der Waals surface area contributed by atoms with E-state index in [1.807, 2.05) is 24.3 Å². The van der Waals surface area contributed by atoms with Crippen LogP contribution >= 0.6 is 0 Å². The van der Waals surface area contributed by atoms with Gasteiger partial charge in [0, 0.05) is 11.9 Å². The molecule has 7 heteroatoms. The van der Waals surface area contributed by atoms with Crippen molar-refractivity contribution < 1.29 is 19.0 Å². The predicted octanol–water partition coefficient (Wildman–Crippen LogP) is 3.84. The van der Waals surface area contributed by atoms with Crippen LogP contribution in [0.3, 0.4) is 0 Å². The molecule has 2 N–H and O–H groups in total. The highest BCUT2D eigenvalue weighted by Crippen LogP contribution is 2.17. The van der Waals surface area contributed by atoms with E-state index in [1.165, 1.54) is 6.20 Å². The molecule has 0 spiro atoms. The number of carbonyl (C=O) groups is 1. The Morgan fingerprint density at radius 2 is 1.48 bits per heavy atom. The number of hydrogen-bond donors (Lipinski definition) is 2. The lowest BCUT2D eigenvalue weighted by molar-refractivity contribution is 0.102. The van der Waals surface area contributed by atoms with E-state index in [-0.39, 0.29) is 5.91 Å². The van der Waals surface area contributed by atoms with E-state index in [9.17, 15) is 4.79 Å². The molecule has 0 radical (unpaired) electrons. The van der Waals surface area contributed by atoms with Crippen molar-refractivity contribution in [1.29, 1.82) is 0 Å². The zero-order valence-corrected chi connectivity index (χ0v) is 16.3. The Morgan fingerprint density at radius 1 is 0.862 bits per heavy atom. The van der Waals surface area contributed by atoms with E-state index < -0.39 is 0 Å². The molecule has 3 aromatic rings. The van der Waals surface area contributed by atoms with Crippen LogP contribution in [0.2, 0.25) is 0 Å². The first-order valence-corrected chi connectivity index (χ1v) is 9.10. The van der Waals surface area contributed by atoms with Gasteiger partial charge in [0.1, 0.15) is 29.7 Å². The molecule has 1 amide bonds. The summed E-state index contributed by atoms with van der Waals surface area (Å²) in [7, 11) is 3.22. The number of benzene rings is 2. The summed E-state index contributed by atoms with van der Waals surface area (Å²) in [4.78, 5) is 16.6. The zero-order chi connectivity index (χ0) is 20.5. The van der Waals surface area contributed by atoms with Crippen molar-refractivity contribution in [3.63, 3.8) is 0 Å². The second-order valence-electron chi connectivity index (χ2n) is 6.07. The van der Waals surface area contributed by atoms with Crippen molar-refractivity contribution in [3.8, 4) is 17.2 Å². The van der Waals surface area contributed by atoms with Gasteiger partial charge in [0.25, 0.3) is 5.91 Å². The number of methoxy groups -OCH3 is 2. The minimum Gasteiger partial charge on any atom is -0.497 e. The molecule has 150 valence electrons. The number of amides is 1.